The normalized spacial score (nSPS) is 12.5. The smallest absolute Gasteiger partial charge is 0.159 e. The average Bonchev–Trinajstić information content (AvgIpc) is 2.33. The van der Waals surface area contributed by atoms with Crippen LogP contribution >= 0.6 is 11.6 Å². The highest BCUT2D eigenvalue weighted by Crippen LogP contribution is 2.24. The van der Waals surface area contributed by atoms with E-state index in [9.17, 15) is 13.9 Å². The van der Waals surface area contributed by atoms with Crippen LogP contribution < -0.4 is 0 Å². The summed E-state index contributed by atoms with van der Waals surface area (Å²) >= 11 is 5.72. The van der Waals surface area contributed by atoms with Crippen LogP contribution in [-0.4, -0.2) is 5.11 Å². The minimum absolute atomic E-state index is 0.297. The maximum Gasteiger partial charge on any atom is 0.159 e. The first-order valence-electron chi connectivity index (χ1n) is 4.96. The number of hydrogen-bond acceptors (Lipinski definition) is 1. The van der Waals surface area contributed by atoms with Gasteiger partial charge in [0.2, 0.25) is 0 Å². The summed E-state index contributed by atoms with van der Waals surface area (Å²) in [5, 5.41) is 10.5. The summed E-state index contributed by atoms with van der Waals surface area (Å²) in [6, 6.07) is 9.83. The average molecular weight is 255 g/mol. The SMILES string of the molecule is O[C@H](c1ccc(Cl)cc1)c1ccc(F)c(F)c1. The number of benzene rings is 2. The maximum atomic E-state index is 13.0. The molecule has 0 unspecified atom stereocenters. The highest BCUT2D eigenvalue weighted by atomic mass is 35.5. The van der Waals surface area contributed by atoms with Gasteiger partial charge in [-0.05, 0) is 35.4 Å². The topological polar surface area (TPSA) is 20.2 Å². The van der Waals surface area contributed by atoms with Crippen LogP contribution in [0.1, 0.15) is 17.2 Å². The monoisotopic (exact) mass is 254 g/mol. The Hall–Kier alpha value is -1.45. The molecule has 88 valence electrons. The van der Waals surface area contributed by atoms with Gasteiger partial charge in [-0.15, -0.1) is 0 Å². The zero-order valence-corrected chi connectivity index (χ0v) is 9.46. The zero-order valence-electron chi connectivity index (χ0n) is 8.70. The second-order valence-corrected chi connectivity index (χ2v) is 4.06. The summed E-state index contributed by atoms with van der Waals surface area (Å²) in [5.41, 5.74) is 0.867. The van der Waals surface area contributed by atoms with Gasteiger partial charge < -0.3 is 5.11 Å². The minimum Gasteiger partial charge on any atom is -0.384 e. The van der Waals surface area contributed by atoms with Crippen molar-refractivity contribution in [1.29, 1.82) is 0 Å². The summed E-state index contributed by atoms with van der Waals surface area (Å²) in [7, 11) is 0. The van der Waals surface area contributed by atoms with Crippen molar-refractivity contribution in [2.75, 3.05) is 0 Å². The molecule has 2 aromatic carbocycles. The van der Waals surface area contributed by atoms with Crippen molar-refractivity contribution < 1.29 is 13.9 Å². The molecule has 0 saturated carbocycles. The molecule has 0 heterocycles. The molecule has 1 N–H and O–H groups in total. The van der Waals surface area contributed by atoms with E-state index >= 15 is 0 Å². The van der Waals surface area contributed by atoms with Crippen molar-refractivity contribution in [2.45, 2.75) is 6.10 Å². The molecular weight excluding hydrogens is 246 g/mol. The fourth-order valence-electron chi connectivity index (χ4n) is 1.52. The molecule has 1 atom stereocenters. The Bertz CT molecular complexity index is 525. The Morgan fingerprint density at radius 1 is 0.882 bits per heavy atom. The summed E-state index contributed by atoms with van der Waals surface area (Å²) in [6.07, 6.45) is -0.998. The second-order valence-electron chi connectivity index (χ2n) is 3.63. The quantitative estimate of drug-likeness (QED) is 0.866. The van der Waals surface area contributed by atoms with Crippen LogP contribution in [0.5, 0.6) is 0 Å². The van der Waals surface area contributed by atoms with Crippen LogP contribution in [0.3, 0.4) is 0 Å². The molecule has 0 aliphatic carbocycles. The van der Waals surface area contributed by atoms with Gasteiger partial charge in [-0.2, -0.15) is 0 Å². The van der Waals surface area contributed by atoms with E-state index in [1.807, 2.05) is 0 Å². The van der Waals surface area contributed by atoms with Crippen molar-refractivity contribution in [3.63, 3.8) is 0 Å². The molecule has 0 bridgehead atoms. The molecule has 0 saturated heterocycles. The molecule has 17 heavy (non-hydrogen) atoms. The Kier molecular flexibility index (Phi) is 3.41. The van der Waals surface area contributed by atoms with Gasteiger partial charge in [-0.1, -0.05) is 29.8 Å². The Morgan fingerprint density at radius 3 is 2.06 bits per heavy atom. The summed E-state index contributed by atoms with van der Waals surface area (Å²) < 4.78 is 25.8. The Morgan fingerprint density at radius 2 is 1.47 bits per heavy atom. The minimum atomic E-state index is -0.998. The van der Waals surface area contributed by atoms with Crippen molar-refractivity contribution in [1.82, 2.24) is 0 Å². The van der Waals surface area contributed by atoms with Crippen LogP contribution in [0.15, 0.2) is 42.5 Å². The van der Waals surface area contributed by atoms with Crippen LogP contribution in [0, 0.1) is 11.6 Å². The molecule has 4 heteroatoms. The third-order valence-corrected chi connectivity index (χ3v) is 2.70. The molecule has 0 fully saturated rings. The molecule has 2 aromatic rings. The molecule has 2 rings (SSSR count). The lowest BCUT2D eigenvalue weighted by Gasteiger charge is -2.11. The van der Waals surface area contributed by atoms with E-state index in [1.54, 1.807) is 24.3 Å². The third-order valence-electron chi connectivity index (χ3n) is 2.45. The van der Waals surface area contributed by atoms with E-state index in [1.165, 1.54) is 6.07 Å². The molecule has 0 aliphatic rings. The second kappa shape index (κ2) is 4.82. The van der Waals surface area contributed by atoms with E-state index in [0.717, 1.165) is 12.1 Å². The van der Waals surface area contributed by atoms with Gasteiger partial charge in [0.05, 0.1) is 0 Å². The van der Waals surface area contributed by atoms with Gasteiger partial charge in [0, 0.05) is 5.02 Å². The number of hydrogen-bond donors (Lipinski definition) is 1. The highest BCUT2D eigenvalue weighted by Gasteiger charge is 2.12. The van der Waals surface area contributed by atoms with Gasteiger partial charge in [0.1, 0.15) is 6.10 Å². The summed E-state index contributed by atoms with van der Waals surface area (Å²) in [5.74, 6) is -1.91. The van der Waals surface area contributed by atoms with Crippen molar-refractivity contribution in [3.05, 3.63) is 70.2 Å². The summed E-state index contributed by atoms with van der Waals surface area (Å²) in [4.78, 5) is 0. The first-order chi connectivity index (χ1) is 8.08. The number of aliphatic hydroxyl groups excluding tert-OH is 1. The van der Waals surface area contributed by atoms with Gasteiger partial charge in [-0.25, -0.2) is 8.78 Å². The molecule has 0 amide bonds. The fourth-order valence-corrected chi connectivity index (χ4v) is 1.65. The van der Waals surface area contributed by atoms with Crippen molar-refractivity contribution in [2.24, 2.45) is 0 Å². The first-order valence-corrected chi connectivity index (χ1v) is 5.34. The molecule has 0 aliphatic heterocycles. The largest absolute Gasteiger partial charge is 0.384 e. The lowest BCUT2D eigenvalue weighted by Crippen LogP contribution is -2.00. The third kappa shape index (κ3) is 2.62. The van der Waals surface area contributed by atoms with E-state index < -0.39 is 17.7 Å². The van der Waals surface area contributed by atoms with Crippen LogP contribution in [0.2, 0.25) is 5.02 Å². The lowest BCUT2D eigenvalue weighted by atomic mass is 10.0. The lowest BCUT2D eigenvalue weighted by molar-refractivity contribution is 0.219. The van der Waals surface area contributed by atoms with Crippen LogP contribution in [-0.2, 0) is 0 Å². The highest BCUT2D eigenvalue weighted by molar-refractivity contribution is 6.30. The summed E-state index contributed by atoms with van der Waals surface area (Å²) in [6.45, 7) is 0. The molecule has 1 nitrogen and oxygen atoms in total. The maximum absolute atomic E-state index is 13.0. The first kappa shape index (κ1) is 12.0. The molecule has 0 aromatic heterocycles. The fraction of sp³-hybridized carbons (Fsp3) is 0.0769. The number of aliphatic hydroxyl groups is 1. The van der Waals surface area contributed by atoms with E-state index in [2.05, 4.69) is 0 Å². The van der Waals surface area contributed by atoms with Gasteiger partial charge in [-0.3, -0.25) is 0 Å². The predicted molar refractivity (Wildman–Crippen MR) is 61.9 cm³/mol. The standard InChI is InChI=1S/C13H9ClF2O/c14-10-4-1-8(2-5-10)13(17)9-3-6-11(15)12(16)7-9/h1-7,13,17H/t13-/m1/s1. The predicted octanol–water partition coefficient (Wildman–Crippen LogP) is 3.70. The van der Waals surface area contributed by atoms with Gasteiger partial charge >= 0.3 is 0 Å². The van der Waals surface area contributed by atoms with E-state index in [-0.39, 0.29) is 0 Å². The van der Waals surface area contributed by atoms with Crippen molar-refractivity contribution in [3.8, 4) is 0 Å². The Balaban J connectivity index is 2.33. The molecular formula is C13H9ClF2O. The van der Waals surface area contributed by atoms with E-state index in [4.69, 9.17) is 11.6 Å². The van der Waals surface area contributed by atoms with Gasteiger partial charge in [0.15, 0.2) is 11.6 Å². The number of halogens is 3. The van der Waals surface area contributed by atoms with E-state index in [0.29, 0.717) is 16.1 Å². The van der Waals surface area contributed by atoms with Crippen LogP contribution in [0.25, 0.3) is 0 Å². The Labute approximate surface area is 102 Å². The molecule has 0 spiro atoms. The number of rotatable bonds is 2. The van der Waals surface area contributed by atoms with Gasteiger partial charge in [0.25, 0.3) is 0 Å². The zero-order chi connectivity index (χ0) is 12.4. The molecule has 0 radical (unpaired) electrons. The van der Waals surface area contributed by atoms with Crippen molar-refractivity contribution >= 4 is 11.6 Å². The van der Waals surface area contributed by atoms with Crippen LogP contribution in [0.4, 0.5) is 8.78 Å².